The maximum atomic E-state index is 13.8. The molecule has 2 rings (SSSR count). The fraction of sp³-hybridized carbons (Fsp3) is 0.667. The molecule has 1 saturated carbocycles. The molecule has 1 aliphatic carbocycles. The maximum absolute atomic E-state index is 13.8. The summed E-state index contributed by atoms with van der Waals surface area (Å²) in [6, 6.07) is 5.96. The quantitative estimate of drug-likeness (QED) is 0.739. The third-order valence-corrected chi connectivity index (χ3v) is 5.76. The van der Waals surface area contributed by atoms with Gasteiger partial charge in [0.2, 0.25) is 0 Å². The molecule has 1 aromatic rings. The SMILES string of the molecule is CCCNC(CSC1CCCCC1)c1ccc(C)c(F)c1. The number of nitrogens with one attached hydrogen (secondary N) is 1. The molecular formula is C18H28FNS. The van der Waals surface area contributed by atoms with E-state index >= 15 is 0 Å². The van der Waals surface area contributed by atoms with Crippen LogP contribution in [0, 0.1) is 12.7 Å². The summed E-state index contributed by atoms with van der Waals surface area (Å²) >= 11 is 2.08. The number of halogens is 1. The van der Waals surface area contributed by atoms with Gasteiger partial charge in [0.1, 0.15) is 5.82 Å². The van der Waals surface area contributed by atoms with E-state index in [-0.39, 0.29) is 11.9 Å². The van der Waals surface area contributed by atoms with E-state index in [0.717, 1.165) is 35.1 Å². The average molecular weight is 309 g/mol. The number of hydrogen-bond acceptors (Lipinski definition) is 2. The van der Waals surface area contributed by atoms with Crippen LogP contribution < -0.4 is 5.32 Å². The summed E-state index contributed by atoms with van der Waals surface area (Å²) in [5.74, 6) is 0.964. The van der Waals surface area contributed by atoms with E-state index < -0.39 is 0 Å². The number of benzene rings is 1. The van der Waals surface area contributed by atoms with Gasteiger partial charge < -0.3 is 5.32 Å². The Balaban J connectivity index is 1.97. The predicted octanol–water partition coefficient (Wildman–Crippen LogP) is 5.24. The minimum Gasteiger partial charge on any atom is -0.309 e. The molecule has 0 spiro atoms. The fourth-order valence-electron chi connectivity index (χ4n) is 2.88. The van der Waals surface area contributed by atoms with Gasteiger partial charge in [0, 0.05) is 17.0 Å². The largest absolute Gasteiger partial charge is 0.309 e. The van der Waals surface area contributed by atoms with Gasteiger partial charge in [0.05, 0.1) is 0 Å². The molecule has 0 heterocycles. The van der Waals surface area contributed by atoms with Gasteiger partial charge >= 0.3 is 0 Å². The van der Waals surface area contributed by atoms with Crippen molar-refractivity contribution in [2.45, 2.75) is 63.7 Å². The molecule has 1 aliphatic rings. The Morgan fingerprint density at radius 3 is 2.71 bits per heavy atom. The molecule has 0 aliphatic heterocycles. The standard InChI is InChI=1S/C18H28FNS/c1-3-11-20-18(13-21-16-7-5-4-6-8-16)15-10-9-14(2)17(19)12-15/h9-10,12,16,18,20H,3-8,11,13H2,1-2H3. The van der Waals surface area contributed by atoms with Crippen molar-refractivity contribution in [1.29, 1.82) is 0 Å². The van der Waals surface area contributed by atoms with Crippen molar-refractivity contribution >= 4 is 11.8 Å². The Kier molecular flexibility index (Phi) is 7.05. The van der Waals surface area contributed by atoms with Crippen molar-refractivity contribution in [3.8, 4) is 0 Å². The molecule has 21 heavy (non-hydrogen) atoms. The highest BCUT2D eigenvalue weighted by molar-refractivity contribution is 7.99. The molecule has 0 bridgehead atoms. The molecule has 118 valence electrons. The molecule has 3 heteroatoms. The zero-order chi connectivity index (χ0) is 15.1. The Morgan fingerprint density at radius 1 is 1.29 bits per heavy atom. The van der Waals surface area contributed by atoms with Crippen LogP contribution in [0.3, 0.4) is 0 Å². The molecule has 1 N–H and O–H groups in total. The zero-order valence-corrected chi connectivity index (χ0v) is 14.1. The summed E-state index contributed by atoms with van der Waals surface area (Å²) in [6.07, 6.45) is 7.98. The highest BCUT2D eigenvalue weighted by Crippen LogP contribution is 2.31. The fourth-order valence-corrected chi connectivity index (χ4v) is 4.32. The van der Waals surface area contributed by atoms with Gasteiger partial charge in [-0.05, 0) is 49.9 Å². The third-order valence-electron chi connectivity index (χ3n) is 4.29. The van der Waals surface area contributed by atoms with Crippen LogP contribution in [-0.4, -0.2) is 17.5 Å². The molecule has 0 saturated heterocycles. The topological polar surface area (TPSA) is 12.0 Å². The first-order valence-corrected chi connectivity index (χ1v) is 9.36. The monoisotopic (exact) mass is 309 g/mol. The molecule has 1 aromatic carbocycles. The summed E-state index contributed by atoms with van der Waals surface area (Å²) in [5.41, 5.74) is 1.82. The number of thioether (sulfide) groups is 1. The minimum absolute atomic E-state index is 0.0848. The second-order valence-electron chi connectivity index (χ2n) is 6.11. The van der Waals surface area contributed by atoms with Gasteiger partial charge in [-0.25, -0.2) is 4.39 Å². The van der Waals surface area contributed by atoms with Gasteiger partial charge in [-0.2, -0.15) is 11.8 Å². The van der Waals surface area contributed by atoms with Crippen LogP contribution in [0.15, 0.2) is 18.2 Å². The van der Waals surface area contributed by atoms with E-state index in [1.807, 2.05) is 13.0 Å². The van der Waals surface area contributed by atoms with E-state index in [4.69, 9.17) is 0 Å². The van der Waals surface area contributed by atoms with Crippen molar-refractivity contribution < 1.29 is 4.39 Å². The first kappa shape index (κ1) is 16.8. The van der Waals surface area contributed by atoms with E-state index in [1.54, 1.807) is 6.07 Å². The molecule has 1 nitrogen and oxygen atoms in total. The summed E-state index contributed by atoms with van der Waals surface area (Å²) in [7, 11) is 0. The number of rotatable bonds is 7. The Labute approximate surface area is 133 Å². The molecule has 1 unspecified atom stereocenters. The Morgan fingerprint density at radius 2 is 2.05 bits per heavy atom. The van der Waals surface area contributed by atoms with Gasteiger partial charge in [-0.3, -0.25) is 0 Å². The van der Waals surface area contributed by atoms with Crippen LogP contribution in [0.25, 0.3) is 0 Å². The van der Waals surface area contributed by atoms with E-state index in [2.05, 4.69) is 30.1 Å². The van der Waals surface area contributed by atoms with E-state index in [1.165, 1.54) is 32.1 Å². The molecule has 0 aromatic heterocycles. The number of hydrogen-bond donors (Lipinski definition) is 1. The van der Waals surface area contributed by atoms with E-state index in [0.29, 0.717) is 0 Å². The highest BCUT2D eigenvalue weighted by Gasteiger charge is 2.18. The zero-order valence-electron chi connectivity index (χ0n) is 13.3. The second kappa shape index (κ2) is 8.79. The predicted molar refractivity (Wildman–Crippen MR) is 91.5 cm³/mol. The lowest BCUT2D eigenvalue weighted by Crippen LogP contribution is -2.25. The van der Waals surface area contributed by atoms with Crippen LogP contribution in [-0.2, 0) is 0 Å². The van der Waals surface area contributed by atoms with Gasteiger partial charge in [0.15, 0.2) is 0 Å². The first-order valence-electron chi connectivity index (χ1n) is 8.31. The van der Waals surface area contributed by atoms with Crippen molar-refractivity contribution in [2.75, 3.05) is 12.3 Å². The first-order chi connectivity index (χ1) is 10.2. The number of aryl methyl sites for hydroxylation is 1. The van der Waals surface area contributed by atoms with Gasteiger partial charge in [0.25, 0.3) is 0 Å². The summed E-state index contributed by atoms with van der Waals surface area (Å²) in [4.78, 5) is 0. The van der Waals surface area contributed by atoms with Crippen molar-refractivity contribution in [3.05, 3.63) is 35.1 Å². The smallest absolute Gasteiger partial charge is 0.126 e. The molecule has 0 amide bonds. The van der Waals surface area contributed by atoms with Crippen molar-refractivity contribution in [3.63, 3.8) is 0 Å². The summed E-state index contributed by atoms with van der Waals surface area (Å²) in [5, 5.41) is 4.39. The molecule has 1 fully saturated rings. The summed E-state index contributed by atoms with van der Waals surface area (Å²) < 4.78 is 13.8. The average Bonchev–Trinajstić information content (AvgIpc) is 2.51. The van der Waals surface area contributed by atoms with Crippen LogP contribution in [0.2, 0.25) is 0 Å². The molecule has 0 radical (unpaired) electrons. The van der Waals surface area contributed by atoms with Crippen LogP contribution in [0.5, 0.6) is 0 Å². The molecule has 1 atom stereocenters. The third kappa shape index (κ3) is 5.30. The Bertz CT molecular complexity index is 429. The Hall–Kier alpha value is -0.540. The van der Waals surface area contributed by atoms with E-state index in [9.17, 15) is 4.39 Å². The lowest BCUT2D eigenvalue weighted by molar-refractivity contribution is 0.513. The summed E-state index contributed by atoms with van der Waals surface area (Å²) in [6.45, 7) is 4.99. The van der Waals surface area contributed by atoms with Crippen LogP contribution in [0.4, 0.5) is 4.39 Å². The molecular weight excluding hydrogens is 281 g/mol. The normalized spacial score (nSPS) is 17.9. The van der Waals surface area contributed by atoms with Crippen molar-refractivity contribution in [2.24, 2.45) is 0 Å². The lowest BCUT2D eigenvalue weighted by Gasteiger charge is -2.25. The lowest BCUT2D eigenvalue weighted by atomic mass is 10.0. The van der Waals surface area contributed by atoms with Crippen LogP contribution >= 0.6 is 11.8 Å². The van der Waals surface area contributed by atoms with Crippen molar-refractivity contribution in [1.82, 2.24) is 5.32 Å². The van der Waals surface area contributed by atoms with Crippen LogP contribution in [0.1, 0.15) is 62.6 Å². The minimum atomic E-state index is -0.0848. The van der Waals surface area contributed by atoms with Gasteiger partial charge in [-0.1, -0.05) is 38.3 Å². The second-order valence-corrected chi connectivity index (χ2v) is 7.44. The highest BCUT2D eigenvalue weighted by atomic mass is 32.2. The maximum Gasteiger partial charge on any atom is 0.126 e. The van der Waals surface area contributed by atoms with Gasteiger partial charge in [-0.15, -0.1) is 0 Å².